The van der Waals surface area contributed by atoms with E-state index in [1.807, 2.05) is 44.6 Å². The molecule has 25 heavy (non-hydrogen) atoms. The fourth-order valence-electron chi connectivity index (χ4n) is 2.91. The largest absolute Gasteiger partial charge is 0.381 e. The second-order valence-corrected chi connectivity index (χ2v) is 6.34. The van der Waals surface area contributed by atoms with Crippen molar-refractivity contribution < 1.29 is 4.79 Å². The number of pyridine rings is 1. The molecule has 0 saturated heterocycles. The van der Waals surface area contributed by atoms with Gasteiger partial charge in [0.2, 0.25) is 5.91 Å². The van der Waals surface area contributed by atoms with Crippen molar-refractivity contribution in [1.82, 2.24) is 9.88 Å². The van der Waals surface area contributed by atoms with Crippen LogP contribution in [0.25, 0.3) is 10.8 Å². The molecule has 1 amide bonds. The van der Waals surface area contributed by atoms with E-state index < -0.39 is 5.91 Å². The van der Waals surface area contributed by atoms with Crippen molar-refractivity contribution >= 4 is 22.4 Å². The number of aromatic nitrogens is 1. The van der Waals surface area contributed by atoms with E-state index >= 15 is 0 Å². The topological polar surface area (TPSA) is 71.2 Å². The van der Waals surface area contributed by atoms with Crippen LogP contribution in [0.4, 0.5) is 5.69 Å². The summed E-state index contributed by atoms with van der Waals surface area (Å²) in [6, 6.07) is 13.8. The summed E-state index contributed by atoms with van der Waals surface area (Å²) in [5.74, 6) is -0.421. The van der Waals surface area contributed by atoms with Crippen LogP contribution in [0, 0.1) is 0 Å². The second kappa shape index (κ2) is 7.32. The van der Waals surface area contributed by atoms with E-state index in [0.29, 0.717) is 12.1 Å². The van der Waals surface area contributed by atoms with E-state index in [4.69, 9.17) is 5.73 Å². The molecule has 5 heteroatoms. The SMILES string of the molecule is CN(C)Cc1ccc(C(N)=O)cc1NCc1cccc2cnccc12. The van der Waals surface area contributed by atoms with Gasteiger partial charge in [0, 0.05) is 42.1 Å². The van der Waals surface area contributed by atoms with Gasteiger partial charge < -0.3 is 16.0 Å². The van der Waals surface area contributed by atoms with Gasteiger partial charge in [0.1, 0.15) is 0 Å². The Hall–Kier alpha value is -2.92. The molecule has 0 aliphatic carbocycles. The average molecular weight is 334 g/mol. The number of nitrogens with one attached hydrogen (secondary N) is 1. The minimum Gasteiger partial charge on any atom is -0.381 e. The minimum atomic E-state index is -0.421. The molecule has 0 fully saturated rings. The Kier molecular flexibility index (Phi) is 4.95. The van der Waals surface area contributed by atoms with Crippen LogP contribution >= 0.6 is 0 Å². The Morgan fingerprint density at radius 2 is 2.00 bits per heavy atom. The molecule has 0 saturated carbocycles. The molecule has 3 aromatic rings. The molecule has 1 aromatic heterocycles. The van der Waals surface area contributed by atoms with Crippen molar-refractivity contribution in [3.8, 4) is 0 Å². The summed E-state index contributed by atoms with van der Waals surface area (Å²) in [5.41, 5.74) is 9.17. The minimum absolute atomic E-state index is 0.421. The van der Waals surface area contributed by atoms with Gasteiger partial charge in [-0.15, -0.1) is 0 Å². The number of hydrogen-bond acceptors (Lipinski definition) is 4. The van der Waals surface area contributed by atoms with Crippen LogP contribution in [0.1, 0.15) is 21.5 Å². The summed E-state index contributed by atoms with van der Waals surface area (Å²) in [6.07, 6.45) is 3.67. The molecule has 0 bridgehead atoms. The van der Waals surface area contributed by atoms with Crippen LogP contribution in [0.5, 0.6) is 0 Å². The molecule has 5 nitrogen and oxygen atoms in total. The van der Waals surface area contributed by atoms with Gasteiger partial charge in [0.25, 0.3) is 0 Å². The summed E-state index contributed by atoms with van der Waals surface area (Å²) >= 11 is 0. The third kappa shape index (κ3) is 3.95. The normalized spacial score (nSPS) is 11.0. The number of nitrogens with zero attached hydrogens (tertiary/aromatic N) is 2. The van der Waals surface area contributed by atoms with E-state index in [1.54, 1.807) is 12.3 Å². The molecule has 0 radical (unpaired) electrons. The number of amides is 1. The lowest BCUT2D eigenvalue weighted by atomic mass is 10.1. The van der Waals surface area contributed by atoms with Gasteiger partial charge in [0.05, 0.1) is 0 Å². The monoisotopic (exact) mass is 334 g/mol. The first-order valence-electron chi connectivity index (χ1n) is 8.17. The van der Waals surface area contributed by atoms with E-state index in [2.05, 4.69) is 27.3 Å². The third-order valence-corrected chi connectivity index (χ3v) is 4.12. The Morgan fingerprint density at radius 3 is 2.76 bits per heavy atom. The second-order valence-electron chi connectivity index (χ2n) is 6.34. The number of carbonyl (C=O) groups is 1. The van der Waals surface area contributed by atoms with Crippen LogP contribution in [0.2, 0.25) is 0 Å². The van der Waals surface area contributed by atoms with Crippen molar-refractivity contribution in [2.75, 3.05) is 19.4 Å². The van der Waals surface area contributed by atoms with Crippen molar-refractivity contribution in [2.45, 2.75) is 13.1 Å². The molecule has 3 rings (SSSR count). The molecule has 0 unspecified atom stereocenters. The van der Waals surface area contributed by atoms with Gasteiger partial charge in [-0.05, 0) is 48.8 Å². The molecule has 2 aromatic carbocycles. The van der Waals surface area contributed by atoms with E-state index in [1.165, 1.54) is 10.9 Å². The number of hydrogen-bond donors (Lipinski definition) is 2. The Balaban J connectivity index is 1.90. The zero-order valence-electron chi connectivity index (χ0n) is 14.5. The number of anilines is 1. The van der Waals surface area contributed by atoms with Gasteiger partial charge in [0.15, 0.2) is 0 Å². The number of rotatable bonds is 6. The van der Waals surface area contributed by atoms with Crippen LogP contribution < -0.4 is 11.1 Å². The van der Waals surface area contributed by atoms with Gasteiger partial charge in [-0.3, -0.25) is 9.78 Å². The number of carbonyl (C=O) groups excluding carboxylic acids is 1. The lowest BCUT2D eigenvalue weighted by molar-refractivity contribution is 0.100. The summed E-state index contributed by atoms with van der Waals surface area (Å²) in [5, 5.41) is 5.75. The Bertz CT molecular complexity index is 900. The molecule has 128 valence electrons. The van der Waals surface area contributed by atoms with E-state index in [0.717, 1.165) is 23.2 Å². The van der Waals surface area contributed by atoms with Gasteiger partial charge in [-0.2, -0.15) is 0 Å². The highest BCUT2D eigenvalue weighted by Crippen LogP contribution is 2.22. The molecule has 0 aliphatic heterocycles. The highest BCUT2D eigenvalue weighted by molar-refractivity contribution is 5.94. The Morgan fingerprint density at radius 1 is 1.16 bits per heavy atom. The smallest absolute Gasteiger partial charge is 0.248 e. The fraction of sp³-hybridized carbons (Fsp3) is 0.200. The van der Waals surface area contributed by atoms with Crippen molar-refractivity contribution in [1.29, 1.82) is 0 Å². The summed E-state index contributed by atoms with van der Waals surface area (Å²) in [4.78, 5) is 17.8. The first-order chi connectivity index (χ1) is 12.0. The quantitative estimate of drug-likeness (QED) is 0.727. The average Bonchev–Trinajstić information content (AvgIpc) is 2.60. The van der Waals surface area contributed by atoms with Gasteiger partial charge in [-0.1, -0.05) is 24.3 Å². The molecule has 0 spiro atoms. The zero-order valence-corrected chi connectivity index (χ0v) is 14.5. The maximum absolute atomic E-state index is 11.5. The maximum atomic E-state index is 11.5. The van der Waals surface area contributed by atoms with Gasteiger partial charge in [-0.25, -0.2) is 0 Å². The van der Waals surface area contributed by atoms with Crippen molar-refractivity contribution in [3.63, 3.8) is 0 Å². The van der Waals surface area contributed by atoms with Crippen molar-refractivity contribution in [2.24, 2.45) is 5.73 Å². The molecule has 1 heterocycles. The number of nitrogens with two attached hydrogens (primary N) is 1. The van der Waals surface area contributed by atoms with Gasteiger partial charge >= 0.3 is 0 Å². The maximum Gasteiger partial charge on any atom is 0.248 e. The zero-order chi connectivity index (χ0) is 17.8. The first kappa shape index (κ1) is 16.9. The number of fused-ring (bicyclic) bond motifs is 1. The van der Waals surface area contributed by atoms with E-state index in [-0.39, 0.29) is 0 Å². The number of benzene rings is 2. The fourth-order valence-corrected chi connectivity index (χ4v) is 2.91. The van der Waals surface area contributed by atoms with Crippen LogP contribution in [0.3, 0.4) is 0 Å². The molecular formula is C20H22N4O. The standard InChI is InChI=1S/C20H22N4O/c1-24(2)13-17-7-6-14(20(21)25)10-19(17)23-12-16-5-3-4-15-11-22-9-8-18(15)16/h3-11,23H,12-13H2,1-2H3,(H2,21,25). The molecular weight excluding hydrogens is 312 g/mol. The predicted molar refractivity (Wildman–Crippen MR) is 101 cm³/mol. The predicted octanol–water partition coefficient (Wildman–Crippen LogP) is 3.01. The highest BCUT2D eigenvalue weighted by Gasteiger charge is 2.09. The lowest BCUT2D eigenvalue weighted by Gasteiger charge is -2.17. The van der Waals surface area contributed by atoms with Crippen LogP contribution in [0.15, 0.2) is 54.9 Å². The van der Waals surface area contributed by atoms with E-state index in [9.17, 15) is 4.79 Å². The molecule has 0 aliphatic rings. The molecule has 3 N–H and O–H groups in total. The van der Waals surface area contributed by atoms with Crippen LogP contribution in [-0.4, -0.2) is 29.9 Å². The lowest BCUT2D eigenvalue weighted by Crippen LogP contribution is -2.15. The summed E-state index contributed by atoms with van der Waals surface area (Å²) in [6.45, 7) is 1.44. The summed E-state index contributed by atoms with van der Waals surface area (Å²) < 4.78 is 0. The Labute approximate surface area is 147 Å². The van der Waals surface area contributed by atoms with Crippen LogP contribution in [-0.2, 0) is 13.1 Å². The third-order valence-electron chi connectivity index (χ3n) is 4.12. The van der Waals surface area contributed by atoms with Crippen molar-refractivity contribution in [3.05, 3.63) is 71.5 Å². The highest BCUT2D eigenvalue weighted by atomic mass is 16.1. The first-order valence-corrected chi connectivity index (χ1v) is 8.17. The summed E-state index contributed by atoms with van der Waals surface area (Å²) in [7, 11) is 4.03. The molecule has 0 atom stereocenters. The number of primary amides is 1.